The Morgan fingerprint density at radius 2 is 1.52 bits per heavy atom. The average Bonchev–Trinajstić information content (AvgIpc) is 2.54. The summed E-state index contributed by atoms with van der Waals surface area (Å²) in [6.45, 7) is 0. The summed E-state index contributed by atoms with van der Waals surface area (Å²) in [5.74, 6) is 2.21. The number of nitrogens with two attached hydrogens (primary N) is 1. The Hall–Kier alpha value is -2.20. The fraction of sp³-hybridized carbons (Fsp3) is 0.294. The van der Waals surface area contributed by atoms with Gasteiger partial charge >= 0.3 is 0 Å². The lowest BCUT2D eigenvalue weighted by Gasteiger charge is -2.19. The van der Waals surface area contributed by atoms with Gasteiger partial charge in [0, 0.05) is 11.6 Å². The zero-order valence-corrected chi connectivity index (χ0v) is 12.6. The van der Waals surface area contributed by atoms with Crippen LogP contribution in [0.5, 0.6) is 17.2 Å². The van der Waals surface area contributed by atoms with Gasteiger partial charge in [-0.15, -0.1) is 0 Å². The molecule has 0 fully saturated rings. The largest absolute Gasteiger partial charge is 0.496 e. The summed E-state index contributed by atoms with van der Waals surface area (Å²) < 4.78 is 16.1. The van der Waals surface area contributed by atoms with E-state index < -0.39 is 0 Å². The molecule has 2 N–H and O–H groups in total. The van der Waals surface area contributed by atoms with Crippen LogP contribution in [0.25, 0.3) is 0 Å². The summed E-state index contributed by atoms with van der Waals surface area (Å²) in [5.41, 5.74) is 8.35. The summed E-state index contributed by atoms with van der Waals surface area (Å²) in [6, 6.07) is 13.4. The van der Waals surface area contributed by atoms with Crippen LogP contribution in [0, 0.1) is 0 Å². The normalized spacial score (nSPS) is 11.8. The molecule has 0 aliphatic rings. The first kappa shape index (κ1) is 15.2. The molecule has 0 heterocycles. The number of hydrogen-bond donors (Lipinski definition) is 1. The van der Waals surface area contributed by atoms with Gasteiger partial charge in [0.15, 0.2) is 11.5 Å². The molecule has 0 aliphatic carbocycles. The van der Waals surface area contributed by atoms with E-state index in [2.05, 4.69) is 0 Å². The maximum Gasteiger partial charge on any atom is 0.165 e. The van der Waals surface area contributed by atoms with Crippen LogP contribution in [0.1, 0.15) is 17.2 Å². The second kappa shape index (κ2) is 6.99. The molecule has 0 aliphatic heterocycles. The zero-order chi connectivity index (χ0) is 15.2. The van der Waals surface area contributed by atoms with Crippen molar-refractivity contribution in [3.8, 4) is 17.2 Å². The fourth-order valence-electron chi connectivity index (χ4n) is 2.42. The minimum absolute atomic E-state index is 0.202. The van der Waals surface area contributed by atoms with Crippen LogP contribution in [0.2, 0.25) is 0 Å². The molecule has 0 saturated carbocycles. The van der Waals surface area contributed by atoms with Crippen molar-refractivity contribution in [1.82, 2.24) is 0 Å². The molecule has 2 rings (SSSR count). The van der Waals surface area contributed by atoms with E-state index in [1.54, 1.807) is 21.3 Å². The van der Waals surface area contributed by atoms with Crippen molar-refractivity contribution in [2.45, 2.75) is 12.5 Å². The minimum atomic E-state index is -0.202. The third-order valence-corrected chi connectivity index (χ3v) is 3.47. The Morgan fingerprint density at radius 1 is 0.857 bits per heavy atom. The van der Waals surface area contributed by atoms with Crippen LogP contribution in [0.3, 0.4) is 0 Å². The fourth-order valence-corrected chi connectivity index (χ4v) is 2.42. The van der Waals surface area contributed by atoms with Crippen molar-refractivity contribution < 1.29 is 14.2 Å². The molecular weight excluding hydrogens is 266 g/mol. The summed E-state index contributed by atoms with van der Waals surface area (Å²) in [4.78, 5) is 0. The molecule has 0 saturated heterocycles. The van der Waals surface area contributed by atoms with E-state index in [1.165, 1.54) is 0 Å². The number of hydrogen-bond acceptors (Lipinski definition) is 4. The predicted molar refractivity (Wildman–Crippen MR) is 83.2 cm³/mol. The van der Waals surface area contributed by atoms with Crippen molar-refractivity contribution in [3.63, 3.8) is 0 Å². The van der Waals surface area contributed by atoms with Gasteiger partial charge in [0.1, 0.15) is 5.75 Å². The van der Waals surface area contributed by atoms with Gasteiger partial charge in [-0.1, -0.05) is 30.3 Å². The molecule has 2 aromatic rings. The summed E-state index contributed by atoms with van der Waals surface area (Å²) in [7, 11) is 4.90. The molecule has 0 aromatic heterocycles. The molecule has 0 amide bonds. The van der Waals surface area contributed by atoms with Crippen molar-refractivity contribution in [2.24, 2.45) is 5.73 Å². The Balaban J connectivity index is 2.30. The molecule has 0 spiro atoms. The molecular formula is C17H21NO3. The summed E-state index contributed by atoms with van der Waals surface area (Å²) in [6.07, 6.45) is 0.660. The monoisotopic (exact) mass is 287 g/mol. The number of methoxy groups -OCH3 is 3. The molecule has 1 unspecified atom stereocenters. The SMILES string of the molecule is COc1ccccc1CC(N)c1cccc(OC)c1OC. The molecule has 4 heteroatoms. The van der Waals surface area contributed by atoms with Gasteiger partial charge in [0.05, 0.1) is 21.3 Å². The van der Waals surface area contributed by atoms with Gasteiger partial charge in [-0.05, 0) is 24.1 Å². The first-order valence-corrected chi connectivity index (χ1v) is 6.79. The summed E-state index contributed by atoms with van der Waals surface area (Å²) in [5, 5.41) is 0. The number of benzene rings is 2. The molecule has 112 valence electrons. The first-order valence-electron chi connectivity index (χ1n) is 6.79. The maximum atomic E-state index is 6.36. The Labute approximate surface area is 125 Å². The van der Waals surface area contributed by atoms with Crippen LogP contribution < -0.4 is 19.9 Å². The molecule has 1 atom stereocenters. The van der Waals surface area contributed by atoms with Gasteiger partial charge < -0.3 is 19.9 Å². The van der Waals surface area contributed by atoms with E-state index in [9.17, 15) is 0 Å². The van der Waals surface area contributed by atoms with Gasteiger partial charge in [-0.3, -0.25) is 0 Å². The lowest BCUT2D eigenvalue weighted by atomic mass is 9.98. The first-order chi connectivity index (χ1) is 10.2. The van der Waals surface area contributed by atoms with Crippen LogP contribution >= 0.6 is 0 Å². The number of para-hydroxylation sites is 2. The Morgan fingerprint density at radius 3 is 2.19 bits per heavy atom. The predicted octanol–water partition coefficient (Wildman–Crippen LogP) is 2.95. The van der Waals surface area contributed by atoms with Crippen LogP contribution in [-0.2, 0) is 6.42 Å². The van der Waals surface area contributed by atoms with Crippen molar-refractivity contribution in [3.05, 3.63) is 53.6 Å². The quantitative estimate of drug-likeness (QED) is 0.887. The van der Waals surface area contributed by atoms with E-state index in [-0.39, 0.29) is 6.04 Å². The highest BCUT2D eigenvalue weighted by Crippen LogP contribution is 2.35. The van der Waals surface area contributed by atoms with Crippen LogP contribution in [0.15, 0.2) is 42.5 Å². The molecule has 0 bridgehead atoms. The standard InChI is InChI=1S/C17H21NO3/c1-19-15-9-5-4-7-12(15)11-14(18)13-8-6-10-16(20-2)17(13)21-3/h4-10,14H,11,18H2,1-3H3. The lowest BCUT2D eigenvalue weighted by molar-refractivity contribution is 0.349. The van der Waals surface area contributed by atoms with E-state index in [4.69, 9.17) is 19.9 Å². The van der Waals surface area contributed by atoms with Crippen LogP contribution in [-0.4, -0.2) is 21.3 Å². The van der Waals surface area contributed by atoms with Gasteiger partial charge in [-0.2, -0.15) is 0 Å². The Bertz CT molecular complexity index is 598. The number of ether oxygens (including phenoxy) is 3. The lowest BCUT2D eigenvalue weighted by Crippen LogP contribution is -2.15. The van der Waals surface area contributed by atoms with E-state index in [0.717, 1.165) is 16.9 Å². The van der Waals surface area contributed by atoms with Gasteiger partial charge in [0.25, 0.3) is 0 Å². The minimum Gasteiger partial charge on any atom is -0.496 e. The molecule has 2 aromatic carbocycles. The molecule has 0 radical (unpaired) electrons. The van der Waals surface area contributed by atoms with Crippen molar-refractivity contribution in [1.29, 1.82) is 0 Å². The van der Waals surface area contributed by atoms with E-state index >= 15 is 0 Å². The van der Waals surface area contributed by atoms with Crippen molar-refractivity contribution in [2.75, 3.05) is 21.3 Å². The highest BCUT2D eigenvalue weighted by atomic mass is 16.5. The molecule has 21 heavy (non-hydrogen) atoms. The maximum absolute atomic E-state index is 6.36. The smallest absolute Gasteiger partial charge is 0.165 e. The third-order valence-electron chi connectivity index (χ3n) is 3.47. The third kappa shape index (κ3) is 3.28. The summed E-state index contributed by atoms with van der Waals surface area (Å²) >= 11 is 0. The topological polar surface area (TPSA) is 53.7 Å². The van der Waals surface area contributed by atoms with Crippen LogP contribution in [0.4, 0.5) is 0 Å². The Kier molecular flexibility index (Phi) is 5.06. The highest BCUT2D eigenvalue weighted by Gasteiger charge is 2.17. The highest BCUT2D eigenvalue weighted by molar-refractivity contribution is 5.48. The van der Waals surface area contributed by atoms with Gasteiger partial charge in [-0.25, -0.2) is 0 Å². The van der Waals surface area contributed by atoms with Crippen molar-refractivity contribution >= 4 is 0 Å². The zero-order valence-electron chi connectivity index (χ0n) is 12.6. The molecule has 4 nitrogen and oxygen atoms in total. The second-order valence-electron chi connectivity index (χ2n) is 4.71. The average molecular weight is 287 g/mol. The van der Waals surface area contributed by atoms with E-state index in [0.29, 0.717) is 17.9 Å². The van der Waals surface area contributed by atoms with Gasteiger partial charge in [0.2, 0.25) is 0 Å². The number of rotatable bonds is 6. The second-order valence-corrected chi connectivity index (χ2v) is 4.71. The van der Waals surface area contributed by atoms with E-state index in [1.807, 2.05) is 42.5 Å².